The largest absolute Gasteiger partial charge is 0.306 e. The van der Waals surface area contributed by atoms with Crippen LogP contribution in [0.4, 0.5) is 5.82 Å². The summed E-state index contributed by atoms with van der Waals surface area (Å²) in [4.78, 5) is 15.7. The molecule has 0 bridgehead atoms. The molecule has 0 aliphatic carbocycles. The van der Waals surface area contributed by atoms with Crippen LogP contribution in [0.3, 0.4) is 0 Å². The maximum absolute atomic E-state index is 12.6. The third-order valence-corrected chi connectivity index (χ3v) is 6.00. The molecule has 1 atom stereocenters. The van der Waals surface area contributed by atoms with Crippen LogP contribution in [0, 0.1) is 0 Å². The Morgan fingerprint density at radius 3 is 2.78 bits per heavy atom. The number of amides is 1. The SMILES string of the molecule is CN1CCCC(c2cn(-c3ccccc3)nc2NC(=O)c2cccs2)CC1. The highest BCUT2D eigenvalue weighted by Crippen LogP contribution is 2.33. The normalized spacial score (nSPS) is 18.2. The minimum Gasteiger partial charge on any atom is -0.306 e. The number of thiophene rings is 1. The van der Waals surface area contributed by atoms with Gasteiger partial charge in [-0.2, -0.15) is 0 Å². The van der Waals surface area contributed by atoms with Crippen LogP contribution in [0.2, 0.25) is 0 Å². The van der Waals surface area contributed by atoms with Crippen LogP contribution in [0.1, 0.15) is 40.4 Å². The zero-order valence-corrected chi connectivity index (χ0v) is 16.3. The quantitative estimate of drug-likeness (QED) is 0.730. The summed E-state index contributed by atoms with van der Waals surface area (Å²) in [5.41, 5.74) is 2.14. The highest BCUT2D eigenvalue weighted by atomic mass is 32.1. The van der Waals surface area contributed by atoms with Gasteiger partial charge in [-0.15, -0.1) is 16.4 Å². The average molecular weight is 381 g/mol. The average Bonchev–Trinajstić information content (AvgIpc) is 3.31. The number of aromatic nitrogens is 2. The third-order valence-electron chi connectivity index (χ3n) is 5.13. The van der Waals surface area contributed by atoms with Crippen molar-refractivity contribution < 1.29 is 4.79 Å². The number of carbonyl (C=O) groups excluding carboxylic acids is 1. The molecule has 1 saturated heterocycles. The molecule has 1 N–H and O–H groups in total. The number of carbonyl (C=O) groups is 1. The van der Waals surface area contributed by atoms with Gasteiger partial charge in [0.25, 0.3) is 5.91 Å². The first kappa shape index (κ1) is 17.9. The van der Waals surface area contributed by atoms with E-state index in [0.29, 0.717) is 16.6 Å². The van der Waals surface area contributed by atoms with Crippen molar-refractivity contribution in [2.24, 2.45) is 0 Å². The summed E-state index contributed by atoms with van der Waals surface area (Å²) in [5, 5.41) is 9.71. The second-order valence-electron chi connectivity index (χ2n) is 7.08. The molecule has 27 heavy (non-hydrogen) atoms. The van der Waals surface area contributed by atoms with E-state index in [1.807, 2.05) is 52.5 Å². The number of rotatable bonds is 4. The molecule has 0 radical (unpaired) electrons. The number of hydrogen-bond donors (Lipinski definition) is 1. The summed E-state index contributed by atoms with van der Waals surface area (Å²) in [6, 6.07) is 13.8. The van der Waals surface area contributed by atoms with Crippen molar-refractivity contribution in [3.05, 3.63) is 64.5 Å². The first-order valence-corrected chi connectivity index (χ1v) is 10.3. The fourth-order valence-corrected chi connectivity index (χ4v) is 4.24. The highest BCUT2D eigenvalue weighted by Gasteiger charge is 2.24. The van der Waals surface area contributed by atoms with Gasteiger partial charge in [-0.3, -0.25) is 4.79 Å². The fraction of sp³-hybridized carbons (Fsp3) is 0.333. The minimum atomic E-state index is -0.0877. The van der Waals surface area contributed by atoms with Crippen LogP contribution < -0.4 is 5.32 Å². The Hall–Kier alpha value is -2.44. The minimum absolute atomic E-state index is 0.0877. The monoisotopic (exact) mass is 380 g/mol. The predicted octanol–water partition coefficient (Wildman–Crippen LogP) is 4.39. The number of likely N-dealkylation sites (tertiary alicyclic amines) is 1. The van der Waals surface area contributed by atoms with Crippen LogP contribution in [0.5, 0.6) is 0 Å². The Morgan fingerprint density at radius 1 is 1.15 bits per heavy atom. The van der Waals surface area contributed by atoms with Crippen molar-refractivity contribution in [3.63, 3.8) is 0 Å². The van der Waals surface area contributed by atoms with Gasteiger partial charge in [-0.1, -0.05) is 24.3 Å². The van der Waals surface area contributed by atoms with Crippen molar-refractivity contribution in [2.75, 3.05) is 25.5 Å². The maximum Gasteiger partial charge on any atom is 0.266 e. The van der Waals surface area contributed by atoms with Crippen LogP contribution in [-0.4, -0.2) is 40.7 Å². The Bertz CT molecular complexity index is 888. The molecule has 1 amide bonds. The van der Waals surface area contributed by atoms with Crippen LogP contribution in [0.25, 0.3) is 5.69 Å². The number of para-hydroxylation sites is 1. The zero-order chi connectivity index (χ0) is 18.6. The first-order valence-electron chi connectivity index (χ1n) is 9.39. The van der Waals surface area contributed by atoms with Gasteiger partial charge in [0.1, 0.15) is 0 Å². The summed E-state index contributed by atoms with van der Waals surface area (Å²) in [6.07, 6.45) is 5.46. The summed E-state index contributed by atoms with van der Waals surface area (Å²) in [6.45, 7) is 2.19. The molecule has 3 aromatic rings. The highest BCUT2D eigenvalue weighted by molar-refractivity contribution is 7.12. The van der Waals surface area contributed by atoms with Gasteiger partial charge < -0.3 is 10.2 Å². The smallest absolute Gasteiger partial charge is 0.266 e. The third kappa shape index (κ3) is 4.12. The van der Waals surface area contributed by atoms with Gasteiger partial charge in [-0.25, -0.2) is 4.68 Å². The predicted molar refractivity (Wildman–Crippen MR) is 110 cm³/mol. The summed E-state index contributed by atoms with van der Waals surface area (Å²) < 4.78 is 1.88. The molecule has 1 unspecified atom stereocenters. The lowest BCUT2D eigenvalue weighted by Gasteiger charge is -2.15. The van der Waals surface area contributed by atoms with E-state index in [4.69, 9.17) is 5.10 Å². The lowest BCUT2D eigenvalue weighted by Crippen LogP contribution is -2.18. The van der Waals surface area contributed by atoms with Crippen molar-refractivity contribution >= 4 is 23.1 Å². The molecule has 1 aliphatic heterocycles. The molecular formula is C21H24N4OS. The van der Waals surface area contributed by atoms with Crippen molar-refractivity contribution in [1.29, 1.82) is 0 Å². The molecule has 1 aromatic carbocycles. The van der Waals surface area contributed by atoms with E-state index in [2.05, 4.69) is 23.5 Å². The summed E-state index contributed by atoms with van der Waals surface area (Å²) in [5.74, 6) is 1.01. The van der Waals surface area contributed by atoms with E-state index in [0.717, 1.165) is 43.6 Å². The van der Waals surface area contributed by atoms with E-state index in [9.17, 15) is 4.79 Å². The molecule has 6 heteroatoms. The molecule has 4 rings (SSSR count). The molecular weight excluding hydrogens is 356 g/mol. The Morgan fingerprint density at radius 2 is 2.00 bits per heavy atom. The number of anilines is 1. The second kappa shape index (κ2) is 8.06. The Kier molecular flexibility index (Phi) is 5.36. The van der Waals surface area contributed by atoms with Gasteiger partial charge in [0.05, 0.1) is 10.6 Å². The van der Waals surface area contributed by atoms with E-state index in [-0.39, 0.29) is 5.91 Å². The van der Waals surface area contributed by atoms with E-state index >= 15 is 0 Å². The van der Waals surface area contributed by atoms with Crippen LogP contribution in [-0.2, 0) is 0 Å². The summed E-state index contributed by atoms with van der Waals surface area (Å²) >= 11 is 1.45. The molecule has 0 saturated carbocycles. The number of hydrogen-bond acceptors (Lipinski definition) is 4. The first-order chi connectivity index (χ1) is 13.2. The zero-order valence-electron chi connectivity index (χ0n) is 15.5. The van der Waals surface area contributed by atoms with E-state index in [1.165, 1.54) is 11.3 Å². The number of benzene rings is 1. The van der Waals surface area contributed by atoms with Gasteiger partial charge >= 0.3 is 0 Å². The lowest BCUT2D eigenvalue weighted by atomic mass is 9.94. The number of nitrogens with one attached hydrogen (secondary N) is 1. The summed E-state index contributed by atoms with van der Waals surface area (Å²) in [7, 11) is 2.18. The van der Waals surface area contributed by atoms with Crippen molar-refractivity contribution in [1.82, 2.24) is 14.7 Å². The molecule has 2 aromatic heterocycles. The van der Waals surface area contributed by atoms with Gasteiger partial charge in [0.15, 0.2) is 5.82 Å². The van der Waals surface area contributed by atoms with Crippen LogP contribution >= 0.6 is 11.3 Å². The number of nitrogens with zero attached hydrogens (tertiary/aromatic N) is 3. The Labute approximate surface area is 163 Å². The molecule has 0 spiro atoms. The Balaban J connectivity index is 1.66. The van der Waals surface area contributed by atoms with Crippen molar-refractivity contribution in [3.8, 4) is 5.69 Å². The fourth-order valence-electron chi connectivity index (χ4n) is 3.62. The molecule has 1 fully saturated rings. The lowest BCUT2D eigenvalue weighted by molar-refractivity contribution is 0.103. The molecule has 1 aliphatic rings. The van der Waals surface area contributed by atoms with Gasteiger partial charge in [0, 0.05) is 11.8 Å². The van der Waals surface area contributed by atoms with Gasteiger partial charge in [-0.05, 0) is 68.9 Å². The maximum atomic E-state index is 12.6. The van der Waals surface area contributed by atoms with E-state index in [1.54, 1.807) is 0 Å². The molecule has 3 heterocycles. The van der Waals surface area contributed by atoms with Gasteiger partial charge in [0.2, 0.25) is 0 Å². The van der Waals surface area contributed by atoms with Crippen LogP contribution in [0.15, 0.2) is 54.0 Å². The second-order valence-corrected chi connectivity index (χ2v) is 8.02. The molecule has 140 valence electrons. The van der Waals surface area contributed by atoms with E-state index < -0.39 is 0 Å². The standard InChI is InChI=1S/C21H24N4OS/c1-24-12-5-7-16(11-13-24)18-15-25(17-8-3-2-4-9-17)23-20(18)22-21(26)19-10-6-14-27-19/h2-4,6,8-10,14-16H,5,7,11-13H2,1H3,(H,22,23,26). The topological polar surface area (TPSA) is 50.2 Å². The molecule has 5 nitrogen and oxygen atoms in total. The van der Waals surface area contributed by atoms with Crippen molar-refractivity contribution in [2.45, 2.75) is 25.2 Å².